The Balaban J connectivity index is 1.12. The van der Waals surface area contributed by atoms with Gasteiger partial charge in [-0.2, -0.15) is 15.2 Å². The van der Waals surface area contributed by atoms with Gasteiger partial charge in [0.15, 0.2) is 0 Å². The highest BCUT2D eigenvalue weighted by molar-refractivity contribution is 7.70. The molecule has 258 valence electrons. The monoisotopic (exact) mass is 698 g/mol. The van der Waals surface area contributed by atoms with Crippen LogP contribution in [0.5, 0.6) is 11.6 Å². The van der Waals surface area contributed by atoms with Crippen molar-refractivity contribution in [2.24, 2.45) is 0 Å². The van der Waals surface area contributed by atoms with Crippen LogP contribution >= 0.6 is 7.14 Å². The molecule has 11 nitrogen and oxygen atoms in total. The minimum atomic E-state index is -2.52. The lowest BCUT2D eigenvalue weighted by Gasteiger charge is -2.15. The average Bonchev–Trinajstić information content (AvgIpc) is 3.74. The lowest BCUT2D eigenvalue weighted by molar-refractivity contribution is 0.262. The van der Waals surface area contributed by atoms with Crippen LogP contribution in [0.3, 0.4) is 0 Å². The zero-order valence-electron chi connectivity index (χ0n) is 29.4. The summed E-state index contributed by atoms with van der Waals surface area (Å²) >= 11 is 0. The first-order chi connectivity index (χ1) is 24.3. The number of hydrogen-bond acceptors (Lipinski definition) is 7. The molecule has 7 rings (SSSR count). The highest BCUT2D eigenvalue weighted by Crippen LogP contribution is 2.36. The van der Waals surface area contributed by atoms with E-state index in [4.69, 9.17) is 14.8 Å². The van der Waals surface area contributed by atoms with Gasteiger partial charge < -0.3 is 14.6 Å². The van der Waals surface area contributed by atoms with E-state index in [2.05, 4.69) is 58.7 Å². The molecular weight excluding hydrogens is 659 g/mol. The molecule has 0 saturated heterocycles. The van der Waals surface area contributed by atoms with E-state index < -0.39 is 13.2 Å². The van der Waals surface area contributed by atoms with Gasteiger partial charge in [-0.15, -0.1) is 0 Å². The molecule has 12 heteroatoms. The second kappa shape index (κ2) is 13.2. The molecule has 0 aliphatic heterocycles. The average molecular weight is 699 g/mol. The number of benzene rings is 4. The van der Waals surface area contributed by atoms with Crippen LogP contribution in [-0.4, -0.2) is 49.3 Å². The third-order valence-electron chi connectivity index (χ3n) is 8.61. The molecule has 2 amide bonds. The summed E-state index contributed by atoms with van der Waals surface area (Å²) in [6.45, 7) is 11.7. The number of ether oxygens (including phenoxy) is 1. The van der Waals surface area contributed by atoms with Crippen molar-refractivity contribution in [3.63, 3.8) is 0 Å². The molecule has 0 aliphatic rings. The summed E-state index contributed by atoms with van der Waals surface area (Å²) in [6.07, 6.45) is 4.05. The fourth-order valence-electron chi connectivity index (χ4n) is 5.96. The summed E-state index contributed by atoms with van der Waals surface area (Å²) in [5.74, 6) is 2.13. The largest absolute Gasteiger partial charge is 0.438 e. The molecule has 3 N–H and O–H groups in total. The number of aromatic nitrogens is 6. The lowest BCUT2D eigenvalue weighted by atomic mass is 9.92. The van der Waals surface area contributed by atoms with Gasteiger partial charge in [-0.3, -0.25) is 10.4 Å². The summed E-state index contributed by atoms with van der Waals surface area (Å²) in [4.78, 5) is 22.8. The van der Waals surface area contributed by atoms with Crippen molar-refractivity contribution in [2.45, 2.75) is 39.5 Å². The van der Waals surface area contributed by atoms with Gasteiger partial charge >= 0.3 is 6.03 Å². The number of urea groups is 1. The molecule has 0 saturated carbocycles. The Labute approximate surface area is 295 Å². The van der Waals surface area contributed by atoms with E-state index in [0.717, 1.165) is 43.8 Å². The van der Waals surface area contributed by atoms with Crippen molar-refractivity contribution in [3.05, 3.63) is 120 Å². The quantitative estimate of drug-likeness (QED) is 0.135. The molecule has 0 spiro atoms. The van der Waals surface area contributed by atoms with Crippen LogP contribution in [0.15, 0.2) is 97.3 Å². The minimum absolute atomic E-state index is 0.273. The summed E-state index contributed by atoms with van der Waals surface area (Å²) in [7, 11) is -2.52. The Morgan fingerprint density at radius 1 is 0.941 bits per heavy atom. The van der Waals surface area contributed by atoms with Crippen molar-refractivity contribution >= 4 is 51.7 Å². The number of carbonyl (C=O) groups is 1. The summed E-state index contributed by atoms with van der Waals surface area (Å²) in [5.41, 5.74) is 5.04. The van der Waals surface area contributed by atoms with Crippen molar-refractivity contribution in [1.29, 1.82) is 0 Å². The van der Waals surface area contributed by atoms with Crippen LogP contribution in [0.4, 0.5) is 16.3 Å². The van der Waals surface area contributed by atoms with Crippen LogP contribution in [0, 0.1) is 6.92 Å². The lowest BCUT2D eigenvalue weighted by Crippen LogP contribution is -2.21. The Kier molecular flexibility index (Phi) is 8.69. The van der Waals surface area contributed by atoms with Gasteiger partial charge in [0.1, 0.15) is 24.5 Å². The van der Waals surface area contributed by atoms with Crippen molar-refractivity contribution < 1.29 is 14.1 Å². The predicted molar refractivity (Wildman–Crippen MR) is 204 cm³/mol. The summed E-state index contributed by atoms with van der Waals surface area (Å²) in [6, 6.07) is 26.1. The van der Waals surface area contributed by atoms with Crippen molar-refractivity contribution in [1.82, 2.24) is 29.9 Å². The normalized spacial score (nSPS) is 12.0. The maximum atomic E-state index is 13.6. The predicted octanol–water partition coefficient (Wildman–Crippen LogP) is 8.57. The first-order valence-electron chi connectivity index (χ1n) is 16.6. The maximum absolute atomic E-state index is 13.6. The smallest absolute Gasteiger partial charge is 0.324 e. The fourth-order valence-corrected chi connectivity index (χ4v) is 6.85. The van der Waals surface area contributed by atoms with Gasteiger partial charge in [-0.1, -0.05) is 63.2 Å². The second-order valence-electron chi connectivity index (χ2n) is 14.0. The number of carbonyl (C=O) groups excluding carboxylic acids is 1. The zero-order valence-corrected chi connectivity index (χ0v) is 30.2. The van der Waals surface area contributed by atoms with Gasteiger partial charge in [-0.25, -0.2) is 14.5 Å². The second-order valence-corrected chi connectivity index (χ2v) is 17.2. The molecule has 3 heterocycles. The van der Waals surface area contributed by atoms with E-state index in [1.54, 1.807) is 30.3 Å². The van der Waals surface area contributed by atoms with Crippen LogP contribution in [-0.2, 0) is 16.4 Å². The Morgan fingerprint density at radius 3 is 2.53 bits per heavy atom. The number of amides is 2. The molecule has 0 atom stereocenters. The van der Waals surface area contributed by atoms with E-state index in [1.807, 2.05) is 79.9 Å². The number of nitrogens with zero attached hydrogens (tertiary/aromatic N) is 5. The number of hydrogen-bond donors (Lipinski definition) is 3. The highest BCUT2D eigenvalue weighted by atomic mass is 31.2. The molecule has 0 aliphatic carbocycles. The van der Waals surface area contributed by atoms with E-state index in [1.165, 1.54) is 0 Å². The summed E-state index contributed by atoms with van der Waals surface area (Å²) in [5, 5.41) is 21.4. The van der Waals surface area contributed by atoms with E-state index in [-0.39, 0.29) is 5.41 Å². The zero-order chi connectivity index (χ0) is 35.9. The van der Waals surface area contributed by atoms with Gasteiger partial charge in [0, 0.05) is 51.6 Å². The topological polar surface area (TPSA) is 140 Å². The molecule has 0 radical (unpaired) electrons. The molecule has 0 unspecified atom stereocenters. The molecule has 3 aromatic heterocycles. The minimum Gasteiger partial charge on any atom is -0.438 e. The van der Waals surface area contributed by atoms with Gasteiger partial charge in [-0.05, 0) is 61.7 Å². The van der Waals surface area contributed by atoms with Gasteiger partial charge in [0.2, 0.25) is 5.88 Å². The molecule has 0 fully saturated rings. The number of aromatic amines is 1. The first-order valence-corrected chi connectivity index (χ1v) is 19.2. The molecule has 7 aromatic rings. The Bertz CT molecular complexity index is 2470. The first kappa shape index (κ1) is 33.7. The van der Waals surface area contributed by atoms with Crippen LogP contribution in [0.25, 0.3) is 27.4 Å². The highest BCUT2D eigenvalue weighted by Gasteiger charge is 2.23. The van der Waals surface area contributed by atoms with E-state index in [9.17, 15) is 9.36 Å². The Hall–Kier alpha value is -5.80. The van der Waals surface area contributed by atoms with Crippen LogP contribution in [0.1, 0.15) is 43.4 Å². The fraction of sp³-hybridized carbons (Fsp3) is 0.205. The third-order valence-corrected chi connectivity index (χ3v) is 10.1. The number of fused-ring (bicyclic) bond motifs is 2. The molecule has 0 bridgehead atoms. The number of nitrogens with one attached hydrogen (secondary N) is 3. The number of rotatable bonds is 8. The molecular formula is C39H39N8O3P. The third kappa shape index (κ3) is 7.25. The number of H-pyrrole nitrogens is 1. The van der Waals surface area contributed by atoms with Crippen LogP contribution in [0.2, 0.25) is 0 Å². The van der Waals surface area contributed by atoms with Gasteiger partial charge in [0.25, 0.3) is 0 Å². The number of anilines is 2. The van der Waals surface area contributed by atoms with Crippen molar-refractivity contribution in [2.75, 3.05) is 24.0 Å². The molecule has 51 heavy (non-hydrogen) atoms. The van der Waals surface area contributed by atoms with Crippen molar-refractivity contribution in [3.8, 4) is 17.3 Å². The van der Waals surface area contributed by atoms with E-state index >= 15 is 0 Å². The maximum Gasteiger partial charge on any atom is 0.324 e. The SMILES string of the molecule is Cc1cc(Cc2nccc(Oc3ccc(NC(=O)Nc4cc(C(C)(C)C)nn4-c4cccc(P(C)(C)=O)c4)c4ccccc34)n2)cc2cn[nH]c12. The molecule has 4 aromatic carbocycles. The standard InChI is InChI=1S/C39H39N8O3P/c1-24-18-25(19-26-23-41-45-37(24)26)20-34-40-17-16-36(43-34)50-32-15-14-31(29-12-7-8-13-30(29)32)42-38(48)44-35-22-33(39(2,3)4)46-47(35)27-10-9-11-28(21-27)51(5,6)49/h7-19,21-23H,20H2,1-6H3,(H,41,45)(H2,42,44,48). The Morgan fingerprint density at radius 2 is 1.75 bits per heavy atom. The van der Waals surface area contributed by atoms with E-state index in [0.29, 0.717) is 41.1 Å². The number of aryl methyl sites for hydroxylation is 1. The van der Waals surface area contributed by atoms with Crippen LogP contribution < -0.4 is 20.7 Å². The van der Waals surface area contributed by atoms with Gasteiger partial charge in [0.05, 0.1) is 28.8 Å². The summed E-state index contributed by atoms with van der Waals surface area (Å²) < 4.78 is 20.9.